The summed E-state index contributed by atoms with van der Waals surface area (Å²) in [6.07, 6.45) is 1.04. The topological polar surface area (TPSA) is 15.3 Å². The molecule has 106 valence electrons. The summed E-state index contributed by atoms with van der Waals surface area (Å²) in [5.41, 5.74) is 0.402. The van der Waals surface area contributed by atoms with Crippen LogP contribution in [0.4, 0.5) is 8.78 Å². The van der Waals surface area contributed by atoms with Gasteiger partial charge in [-0.25, -0.2) is 8.78 Å². The Hall–Kier alpha value is -1.00. The number of hydrogen-bond donors (Lipinski definition) is 1. The maximum atomic E-state index is 13.5. The molecule has 2 rings (SSSR count). The molecule has 0 amide bonds. The van der Waals surface area contributed by atoms with Crippen LogP contribution in [0.5, 0.6) is 0 Å². The van der Waals surface area contributed by atoms with Crippen LogP contribution < -0.4 is 5.32 Å². The first kappa shape index (κ1) is 14.4. The van der Waals surface area contributed by atoms with E-state index >= 15 is 0 Å². The third kappa shape index (κ3) is 3.51. The highest BCUT2D eigenvalue weighted by atomic mass is 19.1. The molecule has 1 aliphatic heterocycles. The molecular weight excluding hydrogens is 246 g/mol. The van der Waals surface area contributed by atoms with E-state index in [-0.39, 0.29) is 11.6 Å². The average molecular weight is 268 g/mol. The molecule has 1 aromatic carbocycles. The number of piperidine rings is 1. The molecule has 0 aromatic heterocycles. The zero-order valence-corrected chi connectivity index (χ0v) is 11.8. The Balaban J connectivity index is 1.96. The summed E-state index contributed by atoms with van der Waals surface area (Å²) in [6, 6.07) is 4.48. The highest BCUT2D eigenvalue weighted by Crippen LogP contribution is 2.21. The number of halogens is 2. The summed E-state index contributed by atoms with van der Waals surface area (Å²) < 4.78 is 26.6. The average Bonchev–Trinajstić information content (AvgIpc) is 2.36. The number of likely N-dealkylation sites (tertiary alicyclic amines) is 1. The Bertz CT molecular complexity index is 436. The van der Waals surface area contributed by atoms with Crippen molar-refractivity contribution in [2.75, 3.05) is 13.6 Å². The number of hydrogen-bond acceptors (Lipinski definition) is 2. The molecule has 0 aliphatic carbocycles. The molecule has 1 N–H and O–H groups in total. The van der Waals surface area contributed by atoms with Gasteiger partial charge in [-0.05, 0) is 44.5 Å². The van der Waals surface area contributed by atoms with Gasteiger partial charge in [0.2, 0.25) is 0 Å². The van der Waals surface area contributed by atoms with E-state index in [0.29, 0.717) is 30.1 Å². The Morgan fingerprint density at radius 3 is 2.79 bits per heavy atom. The third-order valence-electron chi connectivity index (χ3n) is 4.17. The molecule has 1 saturated heterocycles. The third-order valence-corrected chi connectivity index (χ3v) is 4.17. The van der Waals surface area contributed by atoms with E-state index in [1.807, 2.05) is 0 Å². The highest BCUT2D eigenvalue weighted by molar-refractivity contribution is 5.18. The fourth-order valence-corrected chi connectivity index (χ4v) is 2.75. The first-order valence-electron chi connectivity index (χ1n) is 6.85. The first-order valence-corrected chi connectivity index (χ1v) is 6.85. The Labute approximate surface area is 113 Å². The van der Waals surface area contributed by atoms with Crippen molar-refractivity contribution < 1.29 is 8.78 Å². The van der Waals surface area contributed by atoms with Crippen LogP contribution in [0.25, 0.3) is 0 Å². The summed E-state index contributed by atoms with van der Waals surface area (Å²) in [6.45, 7) is 5.81. The maximum absolute atomic E-state index is 13.5. The number of benzene rings is 1. The van der Waals surface area contributed by atoms with Gasteiger partial charge in [-0.15, -0.1) is 0 Å². The molecule has 2 nitrogen and oxygen atoms in total. The van der Waals surface area contributed by atoms with Crippen LogP contribution in [-0.4, -0.2) is 30.6 Å². The van der Waals surface area contributed by atoms with Crippen LogP contribution in [0.3, 0.4) is 0 Å². The zero-order chi connectivity index (χ0) is 14.0. The number of rotatable bonds is 3. The van der Waals surface area contributed by atoms with Crippen molar-refractivity contribution in [1.29, 1.82) is 0 Å². The standard InChI is InChI=1S/C15H22F2N2/c1-10-9-19(3)11(2)6-15(10)18-8-12-7-13(16)4-5-14(12)17/h4-5,7,10-11,15,18H,6,8-9H2,1-3H3. The smallest absolute Gasteiger partial charge is 0.127 e. The lowest BCUT2D eigenvalue weighted by molar-refractivity contribution is 0.121. The molecule has 3 atom stereocenters. The minimum atomic E-state index is -0.386. The molecule has 4 heteroatoms. The summed E-state index contributed by atoms with van der Waals surface area (Å²) in [7, 11) is 2.13. The van der Waals surface area contributed by atoms with Gasteiger partial charge in [0.15, 0.2) is 0 Å². The van der Waals surface area contributed by atoms with Crippen molar-refractivity contribution >= 4 is 0 Å². The van der Waals surface area contributed by atoms with Gasteiger partial charge in [-0.1, -0.05) is 6.92 Å². The van der Waals surface area contributed by atoms with Gasteiger partial charge in [0.25, 0.3) is 0 Å². The molecule has 0 radical (unpaired) electrons. The summed E-state index contributed by atoms with van der Waals surface area (Å²) in [5.74, 6) is -0.219. The second-order valence-electron chi connectivity index (χ2n) is 5.72. The van der Waals surface area contributed by atoms with Gasteiger partial charge >= 0.3 is 0 Å². The molecule has 1 fully saturated rings. The van der Waals surface area contributed by atoms with Crippen LogP contribution in [0.1, 0.15) is 25.8 Å². The van der Waals surface area contributed by atoms with E-state index in [9.17, 15) is 8.78 Å². The second kappa shape index (κ2) is 5.97. The van der Waals surface area contributed by atoms with E-state index in [1.54, 1.807) is 0 Å². The van der Waals surface area contributed by atoms with Gasteiger partial charge in [-0.2, -0.15) is 0 Å². The van der Waals surface area contributed by atoms with Crippen LogP contribution in [0.2, 0.25) is 0 Å². The van der Waals surface area contributed by atoms with Crippen LogP contribution in [0, 0.1) is 17.6 Å². The molecule has 3 unspecified atom stereocenters. The van der Waals surface area contributed by atoms with E-state index in [0.717, 1.165) is 19.0 Å². The van der Waals surface area contributed by atoms with Gasteiger partial charge in [0, 0.05) is 30.7 Å². The quantitative estimate of drug-likeness (QED) is 0.907. The first-order chi connectivity index (χ1) is 8.97. The monoisotopic (exact) mass is 268 g/mol. The maximum Gasteiger partial charge on any atom is 0.127 e. The Morgan fingerprint density at radius 1 is 1.32 bits per heavy atom. The van der Waals surface area contributed by atoms with Crippen molar-refractivity contribution in [3.05, 3.63) is 35.4 Å². The van der Waals surface area contributed by atoms with Gasteiger partial charge in [-0.3, -0.25) is 0 Å². The molecular formula is C15H22F2N2. The second-order valence-corrected chi connectivity index (χ2v) is 5.72. The lowest BCUT2D eigenvalue weighted by Crippen LogP contribution is -2.50. The minimum absolute atomic E-state index is 0.345. The number of nitrogens with zero attached hydrogens (tertiary/aromatic N) is 1. The lowest BCUT2D eigenvalue weighted by atomic mass is 9.89. The van der Waals surface area contributed by atoms with Crippen molar-refractivity contribution in [2.45, 2.75) is 38.9 Å². The SMILES string of the molecule is CC1CN(C)C(C)CC1NCc1cc(F)ccc1F. The lowest BCUT2D eigenvalue weighted by Gasteiger charge is -2.40. The largest absolute Gasteiger partial charge is 0.309 e. The fourth-order valence-electron chi connectivity index (χ4n) is 2.75. The normalized spacial score (nSPS) is 28.6. The Morgan fingerprint density at radius 2 is 2.05 bits per heavy atom. The molecule has 0 spiro atoms. The van der Waals surface area contributed by atoms with E-state index in [2.05, 4.69) is 31.1 Å². The molecule has 19 heavy (non-hydrogen) atoms. The Kier molecular flexibility index (Phi) is 4.53. The predicted octanol–water partition coefficient (Wildman–Crippen LogP) is 2.78. The van der Waals surface area contributed by atoms with E-state index in [4.69, 9.17) is 0 Å². The van der Waals surface area contributed by atoms with Crippen LogP contribution in [-0.2, 0) is 6.54 Å². The molecule has 0 bridgehead atoms. The summed E-state index contributed by atoms with van der Waals surface area (Å²) in [4.78, 5) is 2.34. The molecule has 0 saturated carbocycles. The van der Waals surface area contributed by atoms with Gasteiger partial charge in [0.1, 0.15) is 11.6 Å². The number of nitrogens with one attached hydrogen (secondary N) is 1. The van der Waals surface area contributed by atoms with Crippen LogP contribution in [0.15, 0.2) is 18.2 Å². The van der Waals surface area contributed by atoms with E-state index in [1.165, 1.54) is 12.1 Å². The summed E-state index contributed by atoms with van der Waals surface area (Å²) in [5, 5.41) is 3.37. The molecule has 1 heterocycles. The minimum Gasteiger partial charge on any atom is -0.309 e. The molecule has 1 aromatic rings. The van der Waals surface area contributed by atoms with Crippen molar-refractivity contribution in [1.82, 2.24) is 10.2 Å². The van der Waals surface area contributed by atoms with E-state index < -0.39 is 0 Å². The van der Waals surface area contributed by atoms with Gasteiger partial charge in [0.05, 0.1) is 0 Å². The van der Waals surface area contributed by atoms with Crippen molar-refractivity contribution in [3.8, 4) is 0 Å². The summed E-state index contributed by atoms with van der Waals surface area (Å²) >= 11 is 0. The fraction of sp³-hybridized carbons (Fsp3) is 0.600. The van der Waals surface area contributed by atoms with Crippen molar-refractivity contribution in [2.24, 2.45) is 5.92 Å². The highest BCUT2D eigenvalue weighted by Gasteiger charge is 2.28. The van der Waals surface area contributed by atoms with Crippen LogP contribution >= 0.6 is 0 Å². The molecule has 1 aliphatic rings. The van der Waals surface area contributed by atoms with Gasteiger partial charge < -0.3 is 10.2 Å². The predicted molar refractivity (Wildman–Crippen MR) is 72.9 cm³/mol. The van der Waals surface area contributed by atoms with Crippen molar-refractivity contribution in [3.63, 3.8) is 0 Å². The zero-order valence-electron chi connectivity index (χ0n) is 11.8.